The lowest BCUT2D eigenvalue weighted by Crippen LogP contribution is -2.10. The summed E-state index contributed by atoms with van der Waals surface area (Å²) in [5.74, 6) is -0.126. The molecular weight excluding hydrogens is 403 g/mol. The largest absolute Gasteiger partial charge is 0.312 e. The second kappa shape index (κ2) is 5.84. The highest BCUT2D eigenvalue weighted by Crippen LogP contribution is 2.37. The Morgan fingerprint density at radius 1 is 1.40 bits per heavy atom. The van der Waals surface area contributed by atoms with E-state index in [0.717, 1.165) is 27.7 Å². The van der Waals surface area contributed by atoms with E-state index in [4.69, 9.17) is 0 Å². The number of halogens is 1. The van der Waals surface area contributed by atoms with Gasteiger partial charge in [0.1, 0.15) is 11.1 Å². The first-order valence-corrected chi connectivity index (χ1v) is 9.06. The van der Waals surface area contributed by atoms with E-state index in [1.165, 1.54) is 11.3 Å². The van der Waals surface area contributed by atoms with Gasteiger partial charge in [-0.3, -0.25) is 4.79 Å². The minimum absolute atomic E-state index is 0.126. The van der Waals surface area contributed by atoms with Gasteiger partial charge in [-0.15, -0.1) is 22.7 Å². The van der Waals surface area contributed by atoms with E-state index in [1.807, 2.05) is 11.4 Å². The molecule has 0 radical (unpaired) electrons. The van der Waals surface area contributed by atoms with Crippen molar-refractivity contribution < 1.29 is 4.79 Å². The normalized spacial score (nSPS) is 13.6. The predicted octanol–water partition coefficient (Wildman–Crippen LogP) is 4.42. The Morgan fingerprint density at radius 2 is 2.20 bits per heavy atom. The number of nitrogens with one attached hydrogen (secondary N) is 1. The molecule has 2 heterocycles. The fourth-order valence-electron chi connectivity index (χ4n) is 2.38. The maximum absolute atomic E-state index is 12.2. The van der Waals surface area contributed by atoms with Crippen LogP contribution < -0.4 is 5.32 Å². The van der Waals surface area contributed by atoms with Crippen LogP contribution in [0.25, 0.3) is 0 Å². The molecule has 1 N–H and O–H groups in total. The van der Waals surface area contributed by atoms with Crippen molar-refractivity contribution in [3.8, 4) is 6.07 Å². The third-order valence-corrected chi connectivity index (χ3v) is 6.34. The van der Waals surface area contributed by atoms with Gasteiger partial charge in [0, 0.05) is 10.3 Å². The maximum atomic E-state index is 12.2. The standard InChI is InChI=1S/C14H11IN2OS2/c15-12-5-8(7-19-12)13(18)17-14-10(6-16)9-3-1-2-4-11(9)20-14/h5,7H,1-4H2,(H,17,18). The quantitative estimate of drug-likeness (QED) is 0.740. The summed E-state index contributed by atoms with van der Waals surface area (Å²) in [5, 5.41) is 14.8. The van der Waals surface area contributed by atoms with Gasteiger partial charge in [0.2, 0.25) is 0 Å². The van der Waals surface area contributed by atoms with Gasteiger partial charge in [0.25, 0.3) is 5.91 Å². The minimum Gasteiger partial charge on any atom is -0.312 e. The number of hydrogen-bond donors (Lipinski definition) is 1. The Bertz CT molecular complexity index is 711. The molecule has 1 aliphatic rings. The van der Waals surface area contributed by atoms with Gasteiger partial charge in [-0.2, -0.15) is 5.26 Å². The van der Waals surface area contributed by atoms with Crippen LogP contribution in [0.3, 0.4) is 0 Å². The number of carbonyl (C=O) groups is 1. The highest BCUT2D eigenvalue weighted by Gasteiger charge is 2.22. The molecule has 6 heteroatoms. The first-order chi connectivity index (χ1) is 9.69. The molecule has 0 saturated heterocycles. The Labute approximate surface area is 138 Å². The zero-order chi connectivity index (χ0) is 14.1. The molecule has 0 aromatic carbocycles. The van der Waals surface area contributed by atoms with E-state index >= 15 is 0 Å². The number of carbonyl (C=O) groups excluding carboxylic acids is 1. The van der Waals surface area contributed by atoms with Crippen LogP contribution in [-0.2, 0) is 12.8 Å². The summed E-state index contributed by atoms with van der Waals surface area (Å²) in [5.41, 5.74) is 2.48. The number of nitrogens with zero attached hydrogens (tertiary/aromatic N) is 1. The molecule has 0 unspecified atom stereocenters. The lowest BCUT2D eigenvalue weighted by Gasteiger charge is -2.09. The van der Waals surface area contributed by atoms with Crippen molar-refractivity contribution in [2.24, 2.45) is 0 Å². The summed E-state index contributed by atoms with van der Waals surface area (Å²) >= 11 is 5.31. The van der Waals surface area contributed by atoms with Crippen molar-refractivity contribution in [2.45, 2.75) is 25.7 Å². The second-order valence-corrected chi connectivity index (χ2v) is 8.53. The Balaban J connectivity index is 1.89. The second-order valence-electron chi connectivity index (χ2n) is 4.62. The van der Waals surface area contributed by atoms with Gasteiger partial charge in [-0.25, -0.2) is 0 Å². The zero-order valence-electron chi connectivity index (χ0n) is 10.5. The average molecular weight is 414 g/mol. The van der Waals surface area contributed by atoms with Crippen LogP contribution in [0.5, 0.6) is 0 Å². The lowest BCUT2D eigenvalue weighted by atomic mass is 9.96. The molecule has 0 bridgehead atoms. The first-order valence-electron chi connectivity index (χ1n) is 6.29. The summed E-state index contributed by atoms with van der Waals surface area (Å²) in [7, 11) is 0. The van der Waals surface area contributed by atoms with Gasteiger partial charge in [0.15, 0.2) is 0 Å². The number of fused-ring (bicyclic) bond motifs is 1. The molecule has 3 rings (SSSR count). The van der Waals surface area contributed by atoms with Crippen molar-refractivity contribution in [1.82, 2.24) is 0 Å². The number of thiophene rings is 2. The number of hydrogen-bond acceptors (Lipinski definition) is 4. The van der Waals surface area contributed by atoms with Gasteiger partial charge < -0.3 is 5.32 Å². The molecule has 0 fully saturated rings. The monoisotopic (exact) mass is 414 g/mol. The number of aryl methyl sites for hydroxylation is 1. The molecular formula is C14H11IN2OS2. The van der Waals surface area contributed by atoms with Crippen molar-refractivity contribution in [2.75, 3.05) is 5.32 Å². The number of anilines is 1. The third kappa shape index (κ3) is 2.62. The molecule has 1 aliphatic carbocycles. The Kier molecular flexibility index (Phi) is 4.10. The topological polar surface area (TPSA) is 52.9 Å². The summed E-state index contributed by atoms with van der Waals surface area (Å²) in [6.07, 6.45) is 4.30. The van der Waals surface area contributed by atoms with Crippen LogP contribution in [0.1, 0.15) is 39.2 Å². The van der Waals surface area contributed by atoms with Crippen LogP contribution in [0, 0.1) is 14.2 Å². The summed E-state index contributed by atoms with van der Waals surface area (Å²) in [6, 6.07) is 4.12. The van der Waals surface area contributed by atoms with E-state index in [2.05, 4.69) is 34.0 Å². The molecule has 1 amide bonds. The van der Waals surface area contributed by atoms with Crippen LogP contribution in [-0.4, -0.2) is 5.91 Å². The van der Waals surface area contributed by atoms with E-state index in [1.54, 1.807) is 22.7 Å². The highest BCUT2D eigenvalue weighted by atomic mass is 127. The molecule has 3 nitrogen and oxygen atoms in total. The third-order valence-electron chi connectivity index (χ3n) is 3.34. The van der Waals surface area contributed by atoms with Gasteiger partial charge >= 0.3 is 0 Å². The van der Waals surface area contributed by atoms with Crippen LogP contribution >= 0.6 is 45.3 Å². The molecule has 0 saturated carbocycles. The van der Waals surface area contributed by atoms with Gasteiger partial charge in [-0.05, 0) is 59.9 Å². The fourth-order valence-corrected chi connectivity index (χ4v) is 4.94. The van der Waals surface area contributed by atoms with E-state index in [9.17, 15) is 10.1 Å². The highest BCUT2D eigenvalue weighted by molar-refractivity contribution is 14.1. The predicted molar refractivity (Wildman–Crippen MR) is 90.7 cm³/mol. The Morgan fingerprint density at radius 3 is 2.90 bits per heavy atom. The van der Waals surface area contributed by atoms with E-state index in [-0.39, 0.29) is 5.91 Å². The smallest absolute Gasteiger partial charge is 0.257 e. The van der Waals surface area contributed by atoms with Gasteiger partial charge in [0.05, 0.1) is 14.0 Å². The van der Waals surface area contributed by atoms with Crippen LogP contribution in [0.4, 0.5) is 5.00 Å². The minimum atomic E-state index is -0.126. The van der Waals surface area contributed by atoms with Crippen molar-refractivity contribution in [3.05, 3.63) is 35.9 Å². The first kappa shape index (κ1) is 14.0. The number of nitriles is 1. The van der Waals surface area contributed by atoms with Crippen molar-refractivity contribution in [3.63, 3.8) is 0 Å². The molecule has 0 atom stereocenters. The lowest BCUT2D eigenvalue weighted by molar-refractivity contribution is 0.102. The summed E-state index contributed by atoms with van der Waals surface area (Å²) in [4.78, 5) is 13.5. The molecule has 0 spiro atoms. The van der Waals surface area contributed by atoms with Crippen LogP contribution in [0.2, 0.25) is 0 Å². The molecule has 2 aromatic heterocycles. The van der Waals surface area contributed by atoms with E-state index < -0.39 is 0 Å². The molecule has 102 valence electrons. The van der Waals surface area contributed by atoms with Crippen molar-refractivity contribution >= 4 is 56.2 Å². The van der Waals surface area contributed by atoms with Gasteiger partial charge in [-0.1, -0.05) is 0 Å². The number of amides is 1. The fraction of sp³-hybridized carbons (Fsp3) is 0.286. The Hall–Kier alpha value is -0.910. The van der Waals surface area contributed by atoms with Crippen molar-refractivity contribution in [1.29, 1.82) is 5.26 Å². The summed E-state index contributed by atoms with van der Waals surface area (Å²) in [6.45, 7) is 0. The molecule has 0 aliphatic heterocycles. The van der Waals surface area contributed by atoms with E-state index in [0.29, 0.717) is 16.1 Å². The van der Waals surface area contributed by atoms with Crippen LogP contribution in [0.15, 0.2) is 11.4 Å². The SMILES string of the molecule is N#Cc1c(NC(=O)c2csc(I)c2)sc2c1CCCC2. The maximum Gasteiger partial charge on any atom is 0.257 e. The zero-order valence-corrected chi connectivity index (χ0v) is 14.3. The average Bonchev–Trinajstić information content (AvgIpc) is 3.01. The number of rotatable bonds is 2. The summed E-state index contributed by atoms with van der Waals surface area (Å²) < 4.78 is 1.08. The molecule has 20 heavy (non-hydrogen) atoms. The molecule has 2 aromatic rings.